The summed E-state index contributed by atoms with van der Waals surface area (Å²) in [4.78, 5) is 14.1. The van der Waals surface area contributed by atoms with E-state index in [1.54, 1.807) is 0 Å². The van der Waals surface area contributed by atoms with Crippen molar-refractivity contribution < 1.29 is 4.79 Å². The SMILES string of the molecule is C=C(c1ccccc1)c1c(C(=O)c2ccccc2)c(-c2ccccc2)c(-c2ccccc2)n1C. The molecule has 2 heteroatoms. The summed E-state index contributed by atoms with van der Waals surface area (Å²) in [7, 11) is 2.03. The summed E-state index contributed by atoms with van der Waals surface area (Å²) < 4.78 is 2.13. The van der Waals surface area contributed by atoms with Gasteiger partial charge in [-0.3, -0.25) is 4.79 Å². The smallest absolute Gasteiger partial charge is 0.195 e. The molecule has 34 heavy (non-hydrogen) atoms. The zero-order valence-electron chi connectivity index (χ0n) is 19.1. The van der Waals surface area contributed by atoms with Crippen molar-refractivity contribution in [3.05, 3.63) is 150 Å². The fraction of sp³-hybridized carbons (Fsp3) is 0.0312. The Morgan fingerprint density at radius 3 is 1.59 bits per heavy atom. The van der Waals surface area contributed by atoms with Crippen molar-refractivity contribution in [2.45, 2.75) is 0 Å². The second-order valence-corrected chi connectivity index (χ2v) is 8.28. The fourth-order valence-corrected chi connectivity index (χ4v) is 4.59. The molecule has 0 bridgehead atoms. The Bertz CT molecular complexity index is 1450. The van der Waals surface area contributed by atoms with E-state index in [0.29, 0.717) is 11.1 Å². The topological polar surface area (TPSA) is 22.0 Å². The molecule has 0 fully saturated rings. The Hall–Kier alpha value is -4.43. The first-order valence-electron chi connectivity index (χ1n) is 11.3. The van der Waals surface area contributed by atoms with E-state index in [4.69, 9.17) is 0 Å². The minimum absolute atomic E-state index is 0.00989. The Balaban J connectivity index is 1.88. The number of aromatic nitrogens is 1. The highest BCUT2D eigenvalue weighted by Gasteiger charge is 2.29. The van der Waals surface area contributed by atoms with Crippen LogP contribution in [0.5, 0.6) is 0 Å². The molecule has 4 aromatic carbocycles. The van der Waals surface area contributed by atoms with Crippen LogP contribution in [0.2, 0.25) is 0 Å². The highest BCUT2D eigenvalue weighted by Crippen LogP contribution is 2.43. The lowest BCUT2D eigenvalue weighted by Crippen LogP contribution is -2.07. The predicted molar refractivity (Wildman–Crippen MR) is 141 cm³/mol. The van der Waals surface area contributed by atoms with Gasteiger partial charge in [0.15, 0.2) is 5.78 Å². The van der Waals surface area contributed by atoms with Crippen molar-refractivity contribution in [1.29, 1.82) is 0 Å². The number of rotatable bonds is 6. The Morgan fingerprint density at radius 1 is 0.618 bits per heavy atom. The molecule has 5 rings (SSSR count). The van der Waals surface area contributed by atoms with E-state index in [1.165, 1.54) is 0 Å². The van der Waals surface area contributed by atoms with E-state index >= 15 is 0 Å². The number of ketones is 1. The molecule has 0 spiro atoms. The average molecular weight is 440 g/mol. The summed E-state index contributed by atoms with van der Waals surface area (Å²) in [6.07, 6.45) is 0. The first-order chi connectivity index (χ1) is 16.7. The van der Waals surface area contributed by atoms with Crippen molar-refractivity contribution in [3.63, 3.8) is 0 Å². The van der Waals surface area contributed by atoms with Gasteiger partial charge < -0.3 is 4.57 Å². The molecule has 0 aliphatic rings. The van der Waals surface area contributed by atoms with Crippen LogP contribution in [0.3, 0.4) is 0 Å². The third-order valence-electron chi connectivity index (χ3n) is 6.18. The van der Waals surface area contributed by atoms with E-state index in [0.717, 1.165) is 39.2 Å². The van der Waals surface area contributed by atoms with Crippen LogP contribution in [0.4, 0.5) is 0 Å². The lowest BCUT2D eigenvalue weighted by atomic mass is 9.90. The number of hydrogen-bond donors (Lipinski definition) is 0. The number of carbonyl (C=O) groups excluding carboxylic acids is 1. The molecule has 0 amide bonds. The number of carbonyl (C=O) groups is 1. The monoisotopic (exact) mass is 439 g/mol. The summed E-state index contributed by atoms with van der Waals surface area (Å²) >= 11 is 0. The van der Waals surface area contributed by atoms with Gasteiger partial charge in [-0.25, -0.2) is 0 Å². The maximum atomic E-state index is 14.1. The van der Waals surface area contributed by atoms with Crippen LogP contribution in [0.1, 0.15) is 27.2 Å². The molecule has 0 unspecified atom stereocenters. The molecule has 0 aliphatic heterocycles. The lowest BCUT2D eigenvalue weighted by molar-refractivity contribution is 0.103. The fourth-order valence-electron chi connectivity index (χ4n) is 4.59. The predicted octanol–water partition coefficient (Wildman–Crippen LogP) is 7.65. The van der Waals surface area contributed by atoms with Crippen molar-refractivity contribution >= 4 is 11.4 Å². The number of nitrogens with zero attached hydrogens (tertiary/aromatic N) is 1. The Morgan fingerprint density at radius 2 is 1.06 bits per heavy atom. The van der Waals surface area contributed by atoms with E-state index < -0.39 is 0 Å². The van der Waals surface area contributed by atoms with Gasteiger partial charge in [0, 0.05) is 18.2 Å². The molecule has 1 aromatic heterocycles. The molecule has 0 aliphatic carbocycles. The molecule has 1 heterocycles. The van der Waals surface area contributed by atoms with Crippen LogP contribution >= 0.6 is 0 Å². The van der Waals surface area contributed by atoms with Gasteiger partial charge in [-0.1, -0.05) is 128 Å². The minimum atomic E-state index is -0.00989. The third kappa shape index (κ3) is 3.80. The van der Waals surface area contributed by atoms with E-state index in [1.807, 2.05) is 104 Å². The van der Waals surface area contributed by atoms with Crippen LogP contribution in [-0.2, 0) is 7.05 Å². The highest BCUT2D eigenvalue weighted by atomic mass is 16.1. The first-order valence-corrected chi connectivity index (χ1v) is 11.3. The van der Waals surface area contributed by atoms with Crippen molar-refractivity contribution in [1.82, 2.24) is 4.57 Å². The standard InChI is InChI=1S/C32H25NO/c1-23(24-15-7-3-8-16-24)30-29(32(34)27-21-13-6-14-22-27)28(25-17-9-4-10-18-25)31(33(30)2)26-19-11-5-12-20-26/h3-22H,1H2,2H3. The summed E-state index contributed by atoms with van der Waals surface area (Å²) in [6.45, 7) is 4.46. The molecule has 0 N–H and O–H groups in total. The second kappa shape index (κ2) is 9.21. The van der Waals surface area contributed by atoms with Gasteiger partial charge in [0.05, 0.1) is 17.0 Å². The van der Waals surface area contributed by atoms with Gasteiger partial charge >= 0.3 is 0 Å². The van der Waals surface area contributed by atoms with Gasteiger partial charge in [0.1, 0.15) is 0 Å². The summed E-state index contributed by atoms with van der Waals surface area (Å²) in [6, 6.07) is 40.0. The average Bonchev–Trinajstić information content (AvgIpc) is 3.22. The van der Waals surface area contributed by atoms with Gasteiger partial charge in [-0.15, -0.1) is 0 Å². The first kappa shape index (κ1) is 21.4. The molecular weight excluding hydrogens is 414 g/mol. The van der Waals surface area contributed by atoms with Gasteiger partial charge in [-0.2, -0.15) is 0 Å². The van der Waals surface area contributed by atoms with Crippen LogP contribution in [0, 0.1) is 0 Å². The molecule has 0 saturated heterocycles. The number of hydrogen-bond acceptors (Lipinski definition) is 1. The largest absolute Gasteiger partial charge is 0.342 e. The van der Waals surface area contributed by atoms with Crippen LogP contribution in [0.25, 0.3) is 28.0 Å². The molecule has 0 saturated carbocycles. The van der Waals surface area contributed by atoms with E-state index in [9.17, 15) is 4.79 Å². The van der Waals surface area contributed by atoms with E-state index in [-0.39, 0.29) is 5.78 Å². The molecule has 0 atom stereocenters. The zero-order chi connectivity index (χ0) is 23.5. The highest BCUT2D eigenvalue weighted by molar-refractivity contribution is 6.18. The van der Waals surface area contributed by atoms with E-state index in [2.05, 4.69) is 35.4 Å². The zero-order valence-corrected chi connectivity index (χ0v) is 19.1. The maximum Gasteiger partial charge on any atom is 0.195 e. The van der Waals surface area contributed by atoms with Crippen LogP contribution < -0.4 is 0 Å². The molecule has 164 valence electrons. The molecule has 0 radical (unpaired) electrons. The van der Waals surface area contributed by atoms with Crippen molar-refractivity contribution in [3.8, 4) is 22.4 Å². The summed E-state index contributed by atoms with van der Waals surface area (Å²) in [5, 5.41) is 0. The quantitative estimate of drug-likeness (QED) is 0.249. The summed E-state index contributed by atoms with van der Waals surface area (Å²) in [5.74, 6) is -0.00989. The normalized spacial score (nSPS) is 10.7. The van der Waals surface area contributed by atoms with Gasteiger partial charge in [0.25, 0.3) is 0 Å². The molecule has 2 nitrogen and oxygen atoms in total. The maximum absolute atomic E-state index is 14.1. The number of benzene rings is 4. The van der Waals surface area contributed by atoms with Crippen LogP contribution in [0.15, 0.2) is 128 Å². The second-order valence-electron chi connectivity index (χ2n) is 8.28. The third-order valence-corrected chi connectivity index (χ3v) is 6.18. The van der Waals surface area contributed by atoms with Crippen LogP contribution in [-0.4, -0.2) is 10.4 Å². The van der Waals surface area contributed by atoms with Gasteiger partial charge in [-0.05, 0) is 22.3 Å². The lowest BCUT2D eigenvalue weighted by Gasteiger charge is -2.12. The van der Waals surface area contributed by atoms with Gasteiger partial charge in [0.2, 0.25) is 0 Å². The van der Waals surface area contributed by atoms with Crippen molar-refractivity contribution in [2.24, 2.45) is 7.05 Å². The Labute approximate surface area is 200 Å². The van der Waals surface area contributed by atoms with Crippen molar-refractivity contribution in [2.75, 3.05) is 0 Å². The minimum Gasteiger partial charge on any atom is -0.342 e. The Kier molecular flexibility index (Phi) is 5.80. The summed E-state index contributed by atoms with van der Waals surface area (Å²) in [5.41, 5.74) is 7.96. The molecule has 5 aromatic rings. The molecular formula is C32H25NO.